The minimum absolute atomic E-state index is 0.124. The molecule has 6 nitrogen and oxygen atoms in total. The third-order valence-electron chi connectivity index (χ3n) is 5.72. The topological polar surface area (TPSA) is 65.5 Å². The van der Waals surface area contributed by atoms with Crippen LogP contribution in [0.15, 0.2) is 47.5 Å². The molecule has 1 aromatic carbocycles. The first-order valence-electron chi connectivity index (χ1n) is 10.8. The van der Waals surface area contributed by atoms with E-state index >= 15 is 0 Å². The largest absolute Gasteiger partial charge is 0.363 e. The highest BCUT2D eigenvalue weighted by Crippen LogP contribution is 2.25. The minimum Gasteiger partial charge on any atom is -0.363 e. The SMILES string of the molecule is CN(C)c1ccc(CNC(=O)c2ccccc2SCC(=O)N(C)C2CCCCC2)cn1. The third kappa shape index (κ3) is 6.47. The Bertz CT molecular complexity index is 879. The van der Waals surface area contributed by atoms with E-state index in [0.717, 1.165) is 29.1 Å². The maximum absolute atomic E-state index is 12.8. The summed E-state index contributed by atoms with van der Waals surface area (Å²) in [5, 5.41) is 2.97. The van der Waals surface area contributed by atoms with Crippen LogP contribution in [0.5, 0.6) is 0 Å². The Morgan fingerprint density at radius 3 is 2.48 bits per heavy atom. The van der Waals surface area contributed by atoms with E-state index in [0.29, 0.717) is 23.9 Å². The van der Waals surface area contributed by atoms with Crippen LogP contribution < -0.4 is 10.2 Å². The number of pyridine rings is 1. The summed E-state index contributed by atoms with van der Waals surface area (Å²) in [4.78, 5) is 34.5. The van der Waals surface area contributed by atoms with E-state index in [9.17, 15) is 9.59 Å². The molecule has 1 saturated carbocycles. The van der Waals surface area contributed by atoms with E-state index in [1.165, 1.54) is 31.0 Å². The van der Waals surface area contributed by atoms with Gasteiger partial charge in [0.2, 0.25) is 5.91 Å². The van der Waals surface area contributed by atoms with Crippen LogP contribution in [0.2, 0.25) is 0 Å². The van der Waals surface area contributed by atoms with E-state index in [1.807, 2.05) is 61.3 Å². The Morgan fingerprint density at radius 1 is 1.06 bits per heavy atom. The zero-order valence-corrected chi connectivity index (χ0v) is 19.5. The second kappa shape index (κ2) is 11.2. The lowest BCUT2D eigenvalue weighted by atomic mass is 9.94. The molecular weight excluding hydrogens is 408 g/mol. The predicted molar refractivity (Wildman–Crippen MR) is 127 cm³/mol. The van der Waals surface area contributed by atoms with Crippen molar-refractivity contribution in [3.05, 3.63) is 53.7 Å². The summed E-state index contributed by atoms with van der Waals surface area (Å²) in [5.41, 5.74) is 1.53. The molecule has 0 bridgehead atoms. The molecule has 1 fully saturated rings. The molecule has 0 saturated heterocycles. The number of benzene rings is 1. The molecule has 166 valence electrons. The quantitative estimate of drug-likeness (QED) is 0.630. The second-order valence-corrected chi connectivity index (χ2v) is 9.20. The first-order chi connectivity index (χ1) is 15.0. The molecule has 0 spiro atoms. The van der Waals surface area contributed by atoms with Crippen molar-refractivity contribution in [1.29, 1.82) is 0 Å². The normalized spacial score (nSPS) is 14.2. The molecule has 1 aromatic heterocycles. The number of rotatable bonds is 8. The summed E-state index contributed by atoms with van der Waals surface area (Å²) in [6.45, 7) is 0.405. The van der Waals surface area contributed by atoms with E-state index in [-0.39, 0.29) is 11.8 Å². The number of anilines is 1. The summed E-state index contributed by atoms with van der Waals surface area (Å²) in [5.74, 6) is 1.19. The fraction of sp³-hybridized carbons (Fsp3) is 0.458. The van der Waals surface area contributed by atoms with Crippen molar-refractivity contribution in [3.63, 3.8) is 0 Å². The van der Waals surface area contributed by atoms with Crippen LogP contribution in [0.4, 0.5) is 5.82 Å². The molecule has 1 heterocycles. The number of hydrogen-bond donors (Lipinski definition) is 1. The third-order valence-corrected chi connectivity index (χ3v) is 6.78. The number of amides is 2. The van der Waals surface area contributed by atoms with Crippen LogP contribution >= 0.6 is 11.8 Å². The minimum atomic E-state index is -0.145. The van der Waals surface area contributed by atoms with Gasteiger partial charge in [-0.1, -0.05) is 37.5 Å². The molecule has 1 aliphatic carbocycles. The van der Waals surface area contributed by atoms with Crippen LogP contribution in [-0.2, 0) is 11.3 Å². The van der Waals surface area contributed by atoms with Gasteiger partial charge in [0.25, 0.3) is 5.91 Å². The summed E-state index contributed by atoms with van der Waals surface area (Å²) < 4.78 is 0. The van der Waals surface area contributed by atoms with Crippen molar-refractivity contribution in [2.45, 2.75) is 49.6 Å². The Balaban J connectivity index is 1.56. The van der Waals surface area contributed by atoms with E-state index < -0.39 is 0 Å². The lowest BCUT2D eigenvalue weighted by molar-refractivity contribution is -0.129. The summed E-state index contributed by atoms with van der Waals surface area (Å²) in [7, 11) is 5.79. The van der Waals surface area contributed by atoms with Crippen LogP contribution in [0.1, 0.15) is 48.0 Å². The van der Waals surface area contributed by atoms with Gasteiger partial charge in [-0.3, -0.25) is 9.59 Å². The van der Waals surface area contributed by atoms with Gasteiger partial charge in [0.1, 0.15) is 5.82 Å². The molecule has 1 aliphatic rings. The molecule has 0 aliphatic heterocycles. The zero-order chi connectivity index (χ0) is 22.2. The molecular formula is C24H32N4O2S. The lowest BCUT2D eigenvalue weighted by Crippen LogP contribution is -2.39. The highest BCUT2D eigenvalue weighted by molar-refractivity contribution is 8.00. The number of aromatic nitrogens is 1. The van der Waals surface area contributed by atoms with Gasteiger partial charge in [0.15, 0.2) is 0 Å². The monoisotopic (exact) mass is 440 g/mol. The van der Waals surface area contributed by atoms with Crippen LogP contribution in [0.25, 0.3) is 0 Å². The molecule has 2 aromatic rings. The van der Waals surface area contributed by atoms with E-state index in [4.69, 9.17) is 0 Å². The number of nitrogens with zero attached hydrogens (tertiary/aromatic N) is 3. The van der Waals surface area contributed by atoms with E-state index in [1.54, 1.807) is 12.3 Å². The lowest BCUT2D eigenvalue weighted by Gasteiger charge is -2.31. The predicted octanol–water partition coefficient (Wildman–Crippen LogP) is 3.96. The Labute approximate surface area is 189 Å². The molecule has 0 radical (unpaired) electrons. The first-order valence-corrected chi connectivity index (χ1v) is 11.8. The van der Waals surface area contributed by atoms with Gasteiger partial charge in [-0.25, -0.2) is 4.98 Å². The average molecular weight is 441 g/mol. The van der Waals surface area contributed by atoms with Crippen molar-refractivity contribution in [3.8, 4) is 0 Å². The highest BCUT2D eigenvalue weighted by atomic mass is 32.2. The van der Waals surface area contributed by atoms with Gasteiger partial charge in [0.05, 0.1) is 11.3 Å². The van der Waals surface area contributed by atoms with Crippen molar-refractivity contribution >= 4 is 29.4 Å². The standard InChI is InChI=1S/C24H32N4O2S/c1-27(2)22-14-13-18(15-25-22)16-26-24(30)20-11-7-8-12-21(20)31-17-23(29)28(3)19-9-5-4-6-10-19/h7-8,11-15,19H,4-6,9-10,16-17H2,1-3H3,(H,26,30). The fourth-order valence-electron chi connectivity index (χ4n) is 3.76. The van der Waals surface area contributed by atoms with Gasteiger partial charge < -0.3 is 15.1 Å². The van der Waals surface area contributed by atoms with Gasteiger partial charge in [-0.2, -0.15) is 0 Å². The molecule has 31 heavy (non-hydrogen) atoms. The van der Waals surface area contributed by atoms with Crippen molar-refractivity contribution < 1.29 is 9.59 Å². The first kappa shape index (κ1) is 23.1. The number of hydrogen-bond acceptors (Lipinski definition) is 5. The fourth-order valence-corrected chi connectivity index (χ4v) is 4.73. The summed E-state index contributed by atoms with van der Waals surface area (Å²) in [6.07, 6.45) is 7.63. The smallest absolute Gasteiger partial charge is 0.252 e. The highest BCUT2D eigenvalue weighted by Gasteiger charge is 2.22. The van der Waals surface area contributed by atoms with Crippen LogP contribution in [0, 0.1) is 0 Å². The molecule has 2 amide bonds. The van der Waals surface area contributed by atoms with Gasteiger partial charge in [0, 0.05) is 44.8 Å². The summed E-state index contributed by atoms with van der Waals surface area (Å²) >= 11 is 1.43. The number of nitrogens with one attached hydrogen (secondary N) is 1. The molecule has 1 N–H and O–H groups in total. The second-order valence-electron chi connectivity index (χ2n) is 8.18. The number of thioether (sulfide) groups is 1. The maximum atomic E-state index is 12.8. The molecule has 3 rings (SSSR count). The zero-order valence-electron chi connectivity index (χ0n) is 18.6. The Kier molecular flexibility index (Phi) is 8.35. The van der Waals surface area contributed by atoms with Gasteiger partial charge in [-0.05, 0) is 36.6 Å². The van der Waals surface area contributed by atoms with E-state index in [2.05, 4.69) is 10.3 Å². The van der Waals surface area contributed by atoms with Gasteiger partial charge >= 0.3 is 0 Å². The Hall–Kier alpha value is -2.54. The number of carbonyl (C=O) groups excluding carboxylic acids is 2. The Morgan fingerprint density at radius 2 is 1.81 bits per heavy atom. The van der Waals surface area contributed by atoms with Crippen molar-refractivity contribution in [2.75, 3.05) is 31.8 Å². The van der Waals surface area contributed by atoms with Crippen molar-refractivity contribution in [1.82, 2.24) is 15.2 Å². The maximum Gasteiger partial charge on any atom is 0.252 e. The molecule has 0 atom stereocenters. The van der Waals surface area contributed by atoms with Crippen LogP contribution in [-0.4, -0.2) is 54.6 Å². The molecule has 0 unspecified atom stereocenters. The number of carbonyl (C=O) groups is 2. The summed E-state index contributed by atoms with van der Waals surface area (Å²) in [6, 6.07) is 11.7. The van der Waals surface area contributed by atoms with Gasteiger partial charge in [-0.15, -0.1) is 11.8 Å². The average Bonchev–Trinajstić information content (AvgIpc) is 2.81. The van der Waals surface area contributed by atoms with Crippen molar-refractivity contribution in [2.24, 2.45) is 0 Å². The van der Waals surface area contributed by atoms with Crippen LogP contribution in [0.3, 0.4) is 0 Å². The molecule has 7 heteroatoms.